The molecule has 15 heavy (non-hydrogen) atoms. The Kier molecular flexibility index (Phi) is 6.60. The Hall–Kier alpha value is -0.410. The van der Waals surface area contributed by atoms with Gasteiger partial charge in [0.2, 0.25) is 0 Å². The fraction of sp³-hybridized carbons (Fsp3) is 0.750. The zero-order chi connectivity index (χ0) is 10.9. The second-order valence-corrected chi connectivity index (χ2v) is 4.97. The first-order valence-electron chi connectivity index (χ1n) is 5.95. The molecule has 0 aliphatic rings. The highest BCUT2D eigenvalue weighted by molar-refractivity contribution is 7.09. The van der Waals surface area contributed by atoms with Crippen LogP contribution < -0.4 is 5.32 Å². The molecule has 1 atom stereocenters. The molecule has 0 aromatic carbocycles. The number of nitrogens with zero attached hydrogens (tertiary/aromatic N) is 1. The molecular formula is C12H22N2S. The van der Waals surface area contributed by atoms with Crippen LogP contribution in [-0.2, 0) is 6.42 Å². The Bertz CT molecular complexity index is 234. The summed E-state index contributed by atoms with van der Waals surface area (Å²) in [4.78, 5) is 4.36. The van der Waals surface area contributed by atoms with E-state index in [-0.39, 0.29) is 0 Å². The first-order valence-corrected chi connectivity index (χ1v) is 6.83. The lowest BCUT2D eigenvalue weighted by Gasteiger charge is -2.15. The third-order valence-electron chi connectivity index (χ3n) is 2.50. The van der Waals surface area contributed by atoms with Crippen molar-refractivity contribution in [3.05, 3.63) is 16.6 Å². The van der Waals surface area contributed by atoms with Crippen molar-refractivity contribution in [2.75, 3.05) is 13.1 Å². The number of hydrogen-bond acceptors (Lipinski definition) is 3. The van der Waals surface area contributed by atoms with Gasteiger partial charge in [-0.15, -0.1) is 11.3 Å². The van der Waals surface area contributed by atoms with Crippen molar-refractivity contribution in [3.63, 3.8) is 0 Å². The first-order chi connectivity index (χ1) is 7.36. The molecule has 0 fully saturated rings. The zero-order valence-electron chi connectivity index (χ0n) is 9.83. The van der Waals surface area contributed by atoms with E-state index in [9.17, 15) is 0 Å². The van der Waals surface area contributed by atoms with Gasteiger partial charge in [0.1, 0.15) is 0 Å². The van der Waals surface area contributed by atoms with Crippen LogP contribution in [-0.4, -0.2) is 18.1 Å². The predicted molar refractivity (Wildman–Crippen MR) is 67.4 cm³/mol. The monoisotopic (exact) mass is 226 g/mol. The van der Waals surface area contributed by atoms with Crippen LogP contribution in [0, 0.1) is 5.92 Å². The van der Waals surface area contributed by atoms with Gasteiger partial charge in [-0.2, -0.15) is 0 Å². The van der Waals surface area contributed by atoms with Crippen LogP contribution in [0.25, 0.3) is 0 Å². The lowest BCUT2D eigenvalue weighted by molar-refractivity contribution is 0.438. The Labute approximate surface area is 97.1 Å². The summed E-state index contributed by atoms with van der Waals surface area (Å²) in [6.45, 7) is 6.75. The van der Waals surface area contributed by atoms with Crippen LogP contribution in [0.4, 0.5) is 0 Å². The van der Waals surface area contributed by atoms with Crippen molar-refractivity contribution >= 4 is 11.3 Å². The molecular weight excluding hydrogens is 204 g/mol. The molecule has 0 saturated heterocycles. The van der Waals surface area contributed by atoms with Crippen LogP contribution in [0.5, 0.6) is 0 Å². The summed E-state index contributed by atoms with van der Waals surface area (Å²) < 4.78 is 0. The molecule has 1 N–H and O–H groups in total. The summed E-state index contributed by atoms with van der Waals surface area (Å²) in [6, 6.07) is 0. The lowest BCUT2D eigenvalue weighted by atomic mass is 10.00. The molecule has 0 radical (unpaired) electrons. The van der Waals surface area contributed by atoms with Crippen LogP contribution in [0.2, 0.25) is 0 Å². The first kappa shape index (κ1) is 12.7. The summed E-state index contributed by atoms with van der Waals surface area (Å²) in [5, 5.41) is 6.86. The molecule has 0 amide bonds. The van der Waals surface area contributed by atoms with Crippen LogP contribution in [0.3, 0.4) is 0 Å². The smallest absolute Gasteiger partial charge is 0.0928 e. The quantitative estimate of drug-likeness (QED) is 0.689. The van der Waals surface area contributed by atoms with E-state index in [4.69, 9.17) is 0 Å². The van der Waals surface area contributed by atoms with Crippen LogP contribution >= 0.6 is 11.3 Å². The fourth-order valence-corrected chi connectivity index (χ4v) is 2.50. The summed E-state index contributed by atoms with van der Waals surface area (Å²) in [5.74, 6) is 0.757. The second-order valence-electron chi connectivity index (χ2n) is 3.99. The molecule has 1 unspecified atom stereocenters. The maximum absolute atomic E-state index is 4.36. The SMILES string of the molecule is CCCNCC(CCC)Cc1nccs1. The molecule has 1 aromatic heterocycles. The van der Waals surface area contributed by atoms with Crippen LogP contribution in [0.1, 0.15) is 38.1 Å². The van der Waals surface area contributed by atoms with Crippen LogP contribution in [0.15, 0.2) is 11.6 Å². The molecule has 1 rings (SSSR count). The number of thiazole rings is 1. The minimum absolute atomic E-state index is 0.757. The minimum Gasteiger partial charge on any atom is -0.316 e. The highest BCUT2D eigenvalue weighted by atomic mass is 32.1. The van der Waals surface area contributed by atoms with Crippen molar-refractivity contribution < 1.29 is 0 Å². The second kappa shape index (κ2) is 7.83. The predicted octanol–water partition coefficient (Wildman–Crippen LogP) is 3.10. The van der Waals surface area contributed by atoms with Gasteiger partial charge in [0.05, 0.1) is 5.01 Å². The molecule has 0 spiro atoms. The molecule has 0 saturated carbocycles. The largest absolute Gasteiger partial charge is 0.316 e. The maximum Gasteiger partial charge on any atom is 0.0928 e. The van der Waals surface area contributed by atoms with E-state index in [0.29, 0.717) is 0 Å². The van der Waals surface area contributed by atoms with E-state index in [1.807, 2.05) is 6.20 Å². The molecule has 1 heterocycles. The average Bonchev–Trinajstić information content (AvgIpc) is 2.71. The van der Waals surface area contributed by atoms with Gasteiger partial charge in [0, 0.05) is 18.0 Å². The Morgan fingerprint density at radius 1 is 1.40 bits per heavy atom. The van der Waals surface area contributed by atoms with Gasteiger partial charge >= 0.3 is 0 Å². The van der Waals surface area contributed by atoms with E-state index in [1.54, 1.807) is 11.3 Å². The van der Waals surface area contributed by atoms with E-state index in [1.165, 1.54) is 24.3 Å². The van der Waals surface area contributed by atoms with Crippen molar-refractivity contribution in [3.8, 4) is 0 Å². The summed E-state index contributed by atoms with van der Waals surface area (Å²) in [5.41, 5.74) is 0. The third-order valence-corrected chi connectivity index (χ3v) is 3.31. The molecule has 2 nitrogen and oxygen atoms in total. The van der Waals surface area contributed by atoms with Crippen molar-refractivity contribution in [1.29, 1.82) is 0 Å². The maximum atomic E-state index is 4.36. The summed E-state index contributed by atoms with van der Waals surface area (Å²) in [6.07, 6.45) is 6.83. The van der Waals surface area contributed by atoms with Crippen molar-refractivity contribution in [2.24, 2.45) is 5.92 Å². The highest BCUT2D eigenvalue weighted by Crippen LogP contribution is 2.15. The summed E-state index contributed by atoms with van der Waals surface area (Å²) in [7, 11) is 0. The number of hydrogen-bond donors (Lipinski definition) is 1. The normalized spacial score (nSPS) is 12.9. The number of rotatable bonds is 8. The molecule has 0 bridgehead atoms. The van der Waals surface area contributed by atoms with E-state index >= 15 is 0 Å². The van der Waals surface area contributed by atoms with Crippen molar-refractivity contribution in [2.45, 2.75) is 39.5 Å². The third kappa shape index (κ3) is 5.28. The molecule has 1 aromatic rings. The molecule has 0 aliphatic heterocycles. The Morgan fingerprint density at radius 3 is 2.87 bits per heavy atom. The van der Waals surface area contributed by atoms with E-state index < -0.39 is 0 Å². The minimum atomic E-state index is 0.757. The highest BCUT2D eigenvalue weighted by Gasteiger charge is 2.09. The summed E-state index contributed by atoms with van der Waals surface area (Å²) >= 11 is 1.78. The van der Waals surface area contributed by atoms with Gasteiger partial charge in [-0.1, -0.05) is 20.3 Å². The lowest BCUT2D eigenvalue weighted by Crippen LogP contribution is -2.24. The average molecular weight is 226 g/mol. The molecule has 3 heteroatoms. The van der Waals surface area contributed by atoms with E-state index in [2.05, 4.69) is 29.5 Å². The standard InChI is InChI=1S/C12H22N2S/c1-3-5-11(10-13-6-4-2)9-12-14-7-8-15-12/h7-8,11,13H,3-6,9-10H2,1-2H3. The van der Waals surface area contributed by atoms with Crippen molar-refractivity contribution in [1.82, 2.24) is 10.3 Å². The van der Waals surface area contributed by atoms with E-state index in [0.717, 1.165) is 25.4 Å². The Balaban J connectivity index is 2.29. The Morgan fingerprint density at radius 2 is 2.27 bits per heavy atom. The number of nitrogens with one attached hydrogen (secondary N) is 1. The van der Waals surface area contributed by atoms with Gasteiger partial charge in [-0.05, 0) is 31.8 Å². The number of aromatic nitrogens is 1. The topological polar surface area (TPSA) is 24.9 Å². The molecule has 86 valence electrons. The van der Waals surface area contributed by atoms with Gasteiger partial charge in [0.15, 0.2) is 0 Å². The van der Waals surface area contributed by atoms with Gasteiger partial charge in [-0.3, -0.25) is 0 Å². The fourth-order valence-electron chi connectivity index (χ4n) is 1.77. The molecule has 0 aliphatic carbocycles. The zero-order valence-corrected chi connectivity index (χ0v) is 10.6. The van der Waals surface area contributed by atoms with Gasteiger partial charge in [0.25, 0.3) is 0 Å². The van der Waals surface area contributed by atoms with Gasteiger partial charge < -0.3 is 5.32 Å². The van der Waals surface area contributed by atoms with Gasteiger partial charge in [-0.25, -0.2) is 4.98 Å².